The Labute approximate surface area is 104 Å². The van der Waals surface area contributed by atoms with Gasteiger partial charge in [0.25, 0.3) is 0 Å². The van der Waals surface area contributed by atoms with Crippen molar-refractivity contribution in [3.05, 3.63) is 29.8 Å². The van der Waals surface area contributed by atoms with E-state index in [0.29, 0.717) is 5.92 Å². The van der Waals surface area contributed by atoms with Crippen molar-refractivity contribution >= 4 is 0 Å². The number of benzene rings is 1. The summed E-state index contributed by atoms with van der Waals surface area (Å²) in [7, 11) is 0. The molecule has 0 amide bonds. The normalized spacial score (nSPS) is 18.2. The molecule has 2 rings (SSSR count). The maximum atomic E-state index is 5.92. The summed E-state index contributed by atoms with van der Waals surface area (Å²) in [5.41, 5.74) is 7.08. The van der Waals surface area contributed by atoms with E-state index < -0.39 is 0 Å². The first-order valence-electron chi connectivity index (χ1n) is 6.69. The Morgan fingerprint density at radius 1 is 1.29 bits per heavy atom. The number of para-hydroxylation sites is 1. The maximum absolute atomic E-state index is 5.92. The summed E-state index contributed by atoms with van der Waals surface area (Å²) in [5, 5.41) is 0. The van der Waals surface area contributed by atoms with Gasteiger partial charge in [0, 0.05) is 5.92 Å². The van der Waals surface area contributed by atoms with E-state index in [2.05, 4.69) is 13.0 Å². The van der Waals surface area contributed by atoms with Crippen LogP contribution in [0.15, 0.2) is 24.3 Å². The first-order chi connectivity index (χ1) is 8.31. The van der Waals surface area contributed by atoms with Gasteiger partial charge in [0.15, 0.2) is 0 Å². The topological polar surface area (TPSA) is 35.2 Å². The van der Waals surface area contributed by atoms with Crippen molar-refractivity contribution in [2.45, 2.75) is 32.6 Å². The molecule has 0 saturated heterocycles. The molecule has 0 aromatic heterocycles. The molecular formula is C15H23NO. The molecule has 1 saturated carbocycles. The number of ether oxygens (including phenoxy) is 1. The Morgan fingerprint density at radius 2 is 2.00 bits per heavy atom. The highest BCUT2D eigenvalue weighted by atomic mass is 16.5. The van der Waals surface area contributed by atoms with Crippen molar-refractivity contribution in [1.29, 1.82) is 0 Å². The molecule has 2 nitrogen and oxygen atoms in total. The third-order valence-electron chi connectivity index (χ3n) is 3.92. The molecule has 2 N–H and O–H groups in total. The smallest absolute Gasteiger partial charge is 0.122 e. The van der Waals surface area contributed by atoms with E-state index in [0.717, 1.165) is 24.8 Å². The largest absolute Gasteiger partial charge is 0.493 e. The molecule has 0 spiro atoms. The van der Waals surface area contributed by atoms with Gasteiger partial charge in [-0.05, 0) is 31.0 Å². The number of aryl methyl sites for hydroxylation is 1. The molecule has 17 heavy (non-hydrogen) atoms. The highest BCUT2D eigenvalue weighted by molar-refractivity contribution is 5.31. The lowest BCUT2D eigenvalue weighted by atomic mass is 9.92. The summed E-state index contributed by atoms with van der Waals surface area (Å²) >= 11 is 0. The van der Waals surface area contributed by atoms with Gasteiger partial charge in [-0.15, -0.1) is 0 Å². The molecule has 0 aliphatic heterocycles. The van der Waals surface area contributed by atoms with Gasteiger partial charge in [0.05, 0.1) is 6.61 Å². The Morgan fingerprint density at radius 3 is 2.65 bits per heavy atom. The van der Waals surface area contributed by atoms with Crippen molar-refractivity contribution in [2.75, 3.05) is 13.2 Å². The van der Waals surface area contributed by atoms with E-state index in [-0.39, 0.29) is 0 Å². The second kappa shape index (κ2) is 6.06. The van der Waals surface area contributed by atoms with Crippen molar-refractivity contribution in [3.8, 4) is 5.75 Å². The van der Waals surface area contributed by atoms with Crippen LogP contribution in [0.5, 0.6) is 5.75 Å². The average Bonchev–Trinajstić information content (AvgIpc) is 2.86. The lowest BCUT2D eigenvalue weighted by molar-refractivity contribution is 0.199. The van der Waals surface area contributed by atoms with Crippen LogP contribution in [0, 0.1) is 18.8 Å². The predicted octanol–water partition coefficient (Wildman–Crippen LogP) is 3.14. The van der Waals surface area contributed by atoms with Crippen molar-refractivity contribution in [2.24, 2.45) is 17.6 Å². The van der Waals surface area contributed by atoms with E-state index in [1.807, 2.05) is 18.2 Å². The molecule has 94 valence electrons. The van der Waals surface area contributed by atoms with Gasteiger partial charge >= 0.3 is 0 Å². The fourth-order valence-corrected chi connectivity index (χ4v) is 2.74. The van der Waals surface area contributed by atoms with Crippen molar-refractivity contribution in [1.82, 2.24) is 0 Å². The number of hydrogen-bond acceptors (Lipinski definition) is 2. The highest BCUT2D eigenvalue weighted by Crippen LogP contribution is 2.31. The monoisotopic (exact) mass is 233 g/mol. The Balaban J connectivity index is 1.89. The highest BCUT2D eigenvalue weighted by Gasteiger charge is 2.24. The zero-order valence-corrected chi connectivity index (χ0v) is 10.7. The Kier molecular flexibility index (Phi) is 4.43. The number of nitrogens with two attached hydrogens (primary N) is 1. The molecule has 1 aromatic rings. The molecule has 2 heteroatoms. The van der Waals surface area contributed by atoms with Gasteiger partial charge < -0.3 is 10.5 Å². The molecule has 1 unspecified atom stereocenters. The van der Waals surface area contributed by atoms with Crippen LogP contribution in [0.4, 0.5) is 0 Å². The quantitative estimate of drug-likeness (QED) is 0.848. The van der Waals surface area contributed by atoms with E-state index in [1.165, 1.54) is 31.2 Å². The third kappa shape index (κ3) is 3.22. The molecule has 0 heterocycles. The van der Waals surface area contributed by atoms with E-state index in [9.17, 15) is 0 Å². The molecule has 1 aromatic carbocycles. The van der Waals surface area contributed by atoms with Gasteiger partial charge in [-0.2, -0.15) is 0 Å². The number of hydrogen-bond donors (Lipinski definition) is 1. The zero-order valence-electron chi connectivity index (χ0n) is 10.7. The fraction of sp³-hybridized carbons (Fsp3) is 0.600. The Bertz CT molecular complexity index is 345. The molecular weight excluding hydrogens is 210 g/mol. The van der Waals surface area contributed by atoms with Crippen LogP contribution in [0.1, 0.15) is 31.2 Å². The fourth-order valence-electron chi connectivity index (χ4n) is 2.74. The second-order valence-corrected chi connectivity index (χ2v) is 5.12. The van der Waals surface area contributed by atoms with E-state index in [4.69, 9.17) is 10.5 Å². The van der Waals surface area contributed by atoms with Gasteiger partial charge in [0.1, 0.15) is 5.75 Å². The average molecular weight is 233 g/mol. The lowest BCUT2D eigenvalue weighted by Crippen LogP contribution is -2.27. The van der Waals surface area contributed by atoms with Crippen molar-refractivity contribution < 1.29 is 4.74 Å². The van der Waals surface area contributed by atoms with Crippen molar-refractivity contribution in [3.63, 3.8) is 0 Å². The first-order valence-corrected chi connectivity index (χ1v) is 6.69. The summed E-state index contributed by atoms with van der Waals surface area (Å²) < 4.78 is 5.92. The minimum absolute atomic E-state index is 0.525. The van der Waals surface area contributed by atoms with E-state index >= 15 is 0 Å². The lowest BCUT2D eigenvalue weighted by Gasteiger charge is -2.22. The van der Waals surface area contributed by atoms with Gasteiger partial charge in [-0.3, -0.25) is 0 Å². The number of rotatable bonds is 5. The predicted molar refractivity (Wildman–Crippen MR) is 71.2 cm³/mol. The zero-order chi connectivity index (χ0) is 12.1. The maximum Gasteiger partial charge on any atom is 0.122 e. The summed E-state index contributed by atoms with van der Waals surface area (Å²) in [6, 6.07) is 8.19. The van der Waals surface area contributed by atoms with Crippen LogP contribution in [0.3, 0.4) is 0 Å². The molecule has 1 aliphatic rings. The van der Waals surface area contributed by atoms with Gasteiger partial charge in [-0.1, -0.05) is 43.9 Å². The van der Waals surface area contributed by atoms with E-state index in [1.54, 1.807) is 0 Å². The molecule has 1 atom stereocenters. The summed E-state index contributed by atoms with van der Waals surface area (Å²) in [4.78, 5) is 0. The summed E-state index contributed by atoms with van der Waals surface area (Å²) in [6.07, 6.45) is 5.40. The van der Waals surface area contributed by atoms with Crippen LogP contribution in [0.2, 0.25) is 0 Å². The van der Waals surface area contributed by atoms with Crippen LogP contribution >= 0.6 is 0 Å². The van der Waals surface area contributed by atoms with Crippen LogP contribution in [0.25, 0.3) is 0 Å². The minimum atomic E-state index is 0.525. The second-order valence-electron chi connectivity index (χ2n) is 5.12. The van der Waals surface area contributed by atoms with Crippen LogP contribution in [-0.2, 0) is 0 Å². The standard InChI is InChI=1S/C15H23NO/c1-12-6-2-5-9-15(12)17-11-14(10-16)13-7-3-4-8-13/h2,5-6,9,13-14H,3-4,7-8,10-11,16H2,1H3. The third-order valence-corrected chi connectivity index (χ3v) is 3.92. The molecule has 1 aliphatic carbocycles. The Hall–Kier alpha value is -1.02. The molecule has 0 bridgehead atoms. The molecule has 1 fully saturated rings. The summed E-state index contributed by atoms with van der Waals surface area (Å²) in [5.74, 6) is 2.31. The molecule has 0 radical (unpaired) electrons. The van der Waals surface area contributed by atoms with Crippen LogP contribution < -0.4 is 10.5 Å². The van der Waals surface area contributed by atoms with Gasteiger partial charge in [0.2, 0.25) is 0 Å². The first kappa shape index (κ1) is 12.4. The van der Waals surface area contributed by atoms with Crippen LogP contribution in [-0.4, -0.2) is 13.2 Å². The minimum Gasteiger partial charge on any atom is -0.493 e. The SMILES string of the molecule is Cc1ccccc1OCC(CN)C1CCCC1. The van der Waals surface area contributed by atoms with Gasteiger partial charge in [-0.25, -0.2) is 0 Å². The summed E-state index contributed by atoms with van der Waals surface area (Å²) in [6.45, 7) is 3.60.